The van der Waals surface area contributed by atoms with Crippen LogP contribution in [0.3, 0.4) is 0 Å². The molecule has 0 spiro atoms. The maximum atomic E-state index is 12.2. The SMILES string of the molecule is COCCN(Cc1nc2ccccc2c(=O)[nH]1)Cc1nnsc1Cl. The van der Waals surface area contributed by atoms with Gasteiger partial charge in [-0.05, 0) is 12.1 Å². The largest absolute Gasteiger partial charge is 0.383 e. The van der Waals surface area contributed by atoms with E-state index in [4.69, 9.17) is 16.3 Å². The summed E-state index contributed by atoms with van der Waals surface area (Å²) in [7, 11) is 1.64. The maximum absolute atomic E-state index is 12.2. The molecule has 9 heteroatoms. The van der Waals surface area contributed by atoms with Gasteiger partial charge in [0.25, 0.3) is 5.56 Å². The van der Waals surface area contributed by atoms with Crippen molar-refractivity contribution in [1.82, 2.24) is 24.5 Å². The summed E-state index contributed by atoms with van der Waals surface area (Å²) in [6.45, 7) is 2.17. The van der Waals surface area contributed by atoms with Gasteiger partial charge in [-0.25, -0.2) is 4.98 Å². The second kappa shape index (κ2) is 7.80. The minimum absolute atomic E-state index is 0.143. The van der Waals surface area contributed by atoms with Crippen molar-refractivity contribution < 1.29 is 4.74 Å². The molecule has 7 nitrogen and oxygen atoms in total. The highest BCUT2D eigenvalue weighted by Gasteiger charge is 2.14. The lowest BCUT2D eigenvalue weighted by atomic mass is 10.2. The van der Waals surface area contributed by atoms with E-state index >= 15 is 0 Å². The highest BCUT2D eigenvalue weighted by atomic mass is 35.5. The number of aromatic nitrogens is 4. The number of H-pyrrole nitrogens is 1. The summed E-state index contributed by atoms with van der Waals surface area (Å²) in [5.41, 5.74) is 1.24. The predicted octanol–water partition coefficient (Wildman–Crippen LogP) is 2.08. The van der Waals surface area contributed by atoms with E-state index in [-0.39, 0.29) is 5.56 Å². The van der Waals surface area contributed by atoms with Crippen molar-refractivity contribution in [3.8, 4) is 0 Å². The van der Waals surface area contributed by atoms with Gasteiger partial charge in [0, 0.05) is 31.7 Å². The van der Waals surface area contributed by atoms with Crippen LogP contribution in [0.1, 0.15) is 11.5 Å². The standard InChI is InChI=1S/C15H16ClN5O2S/c1-23-7-6-21(8-12-14(16)24-20-19-12)9-13-17-11-5-3-2-4-10(11)15(22)18-13/h2-5H,6-9H2,1H3,(H,17,18,22). The number of nitrogens with one attached hydrogen (secondary N) is 1. The minimum Gasteiger partial charge on any atom is -0.383 e. The first-order valence-electron chi connectivity index (χ1n) is 7.33. The number of rotatable bonds is 7. The summed E-state index contributed by atoms with van der Waals surface area (Å²) in [6, 6.07) is 7.27. The molecule has 0 atom stereocenters. The van der Waals surface area contributed by atoms with Crippen LogP contribution in [0, 0.1) is 0 Å². The van der Waals surface area contributed by atoms with Gasteiger partial charge in [-0.15, -0.1) is 5.10 Å². The third-order valence-electron chi connectivity index (χ3n) is 3.53. The molecule has 126 valence electrons. The molecule has 24 heavy (non-hydrogen) atoms. The third kappa shape index (κ3) is 3.96. The number of aromatic amines is 1. The first-order chi connectivity index (χ1) is 11.7. The monoisotopic (exact) mass is 365 g/mol. The van der Waals surface area contributed by atoms with E-state index in [1.807, 2.05) is 18.2 Å². The van der Waals surface area contributed by atoms with Crippen molar-refractivity contribution in [2.24, 2.45) is 0 Å². The van der Waals surface area contributed by atoms with Crippen LogP contribution >= 0.6 is 23.1 Å². The number of para-hydroxylation sites is 1. The Hall–Kier alpha value is -1.87. The second-order valence-corrected chi connectivity index (χ2v) is 6.58. The van der Waals surface area contributed by atoms with Crippen LogP contribution in [0.25, 0.3) is 10.9 Å². The topological polar surface area (TPSA) is 84.0 Å². The van der Waals surface area contributed by atoms with Gasteiger partial charge < -0.3 is 9.72 Å². The van der Waals surface area contributed by atoms with Gasteiger partial charge in [0.1, 0.15) is 15.9 Å². The van der Waals surface area contributed by atoms with E-state index in [2.05, 4.69) is 24.5 Å². The first kappa shape index (κ1) is 17.0. The van der Waals surface area contributed by atoms with Gasteiger partial charge in [-0.1, -0.05) is 28.2 Å². The average Bonchev–Trinajstić information content (AvgIpc) is 2.97. The Kier molecular flexibility index (Phi) is 5.52. The van der Waals surface area contributed by atoms with Gasteiger partial charge in [-0.2, -0.15) is 0 Å². The Labute approximate surface area is 147 Å². The summed E-state index contributed by atoms with van der Waals surface area (Å²) < 4.78 is 9.57. The molecule has 3 rings (SSSR count). The fourth-order valence-electron chi connectivity index (χ4n) is 2.36. The number of methoxy groups -OCH3 is 1. The molecule has 3 aromatic rings. The van der Waals surface area contributed by atoms with E-state index in [1.54, 1.807) is 13.2 Å². The predicted molar refractivity (Wildman–Crippen MR) is 93.3 cm³/mol. The summed E-state index contributed by atoms with van der Waals surface area (Å²) in [5, 5.41) is 4.61. The molecule has 0 saturated heterocycles. The molecule has 0 aliphatic heterocycles. The van der Waals surface area contributed by atoms with Crippen molar-refractivity contribution in [2.45, 2.75) is 13.1 Å². The smallest absolute Gasteiger partial charge is 0.258 e. The lowest BCUT2D eigenvalue weighted by Gasteiger charge is -2.20. The fraction of sp³-hybridized carbons (Fsp3) is 0.333. The first-order valence-corrected chi connectivity index (χ1v) is 8.48. The van der Waals surface area contributed by atoms with Gasteiger partial charge in [0.15, 0.2) is 0 Å². The van der Waals surface area contributed by atoms with Gasteiger partial charge >= 0.3 is 0 Å². The average molecular weight is 366 g/mol. The molecule has 0 saturated carbocycles. The fourth-order valence-corrected chi connectivity index (χ4v) is 2.97. The molecule has 2 aromatic heterocycles. The van der Waals surface area contributed by atoms with Gasteiger partial charge in [0.05, 0.1) is 24.1 Å². The van der Waals surface area contributed by atoms with Crippen LogP contribution in [-0.4, -0.2) is 44.7 Å². The quantitative estimate of drug-likeness (QED) is 0.690. The Morgan fingerprint density at radius 3 is 2.92 bits per heavy atom. The zero-order valence-corrected chi connectivity index (χ0v) is 14.6. The van der Waals surface area contributed by atoms with Crippen LogP contribution in [-0.2, 0) is 17.8 Å². The third-order valence-corrected chi connectivity index (χ3v) is 4.51. The summed E-state index contributed by atoms with van der Waals surface area (Å²) in [4.78, 5) is 21.6. The number of nitrogens with zero attached hydrogens (tertiary/aromatic N) is 4. The highest BCUT2D eigenvalue weighted by Crippen LogP contribution is 2.19. The van der Waals surface area contributed by atoms with Crippen molar-refractivity contribution in [1.29, 1.82) is 0 Å². The number of fused-ring (bicyclic) bond motifs is 1. The Morgan fingerprint density at radius 2 is 2.17 bits per heavy atom. The van der Waals surface area contributed by atoms with Crippen LogP contribution in [0.5, 0.6) is 0 Å². The van der Waals surface area contributed by atoms with Crippen LogP contribution in [0.15, 0.2) is 29.1 Å². The molecule has 0 unspecified atom stereocenters. The van der Waals surface area contributed by atoms with Crippen molar-refractivity contribution in [2.75, 3.05) is 20.3 Å². The van der Waals surface area contributed by atoms with Gasteiger partial charge in [0.2, 0.25) is 0 Å². The summed E-state index contributed by atoms with van der Waals surface area (Å²) in [5.74, 6) is 0.592. The van der Waals surface area contributed by atoms with E-state index in [0.717, 1.165) is 11.5 Å². The number of halogens is 1. The molecule has 1 N–H and O–H groups in total. The van der Waals surface area contributed by atoms with Crippen molar-refractivity contribution in [3.05, 3.63) is 50.5 Å². The van der Waals surface area contributed by atoms with Crippen LogP contribution in [0.4, 0.5) is 0 Å². The number of hydrogen-bond acceptors (Lipinski definition) is 7. The molecule has 1 aromatic carbocycles. The molecule has 0 fully saturated rings. The highest BCUT2D eigenvalue weighted by molar-refractivity contribution is 7.10. The molecular formula is C15H16ClN5O2S. The summed E-state index contributed by atoms with van der Waals surface area (Å²) in [6.07, 6.45) is 0. The summed E-state index contributed by atoms with van der Waals surface area (Å²) >= 11 is 7.24. The molecule has 0 radical (unpaired) electrons. The lowest BCUT2D eigenvalue weighted by Crippen LogP contribution is -2.29. The molecule has 0 aliphatic carbocycles. The second-order valence-electron chi connectivity index (χ2n) is 5.23. The van der Waals surface area contributed by atoms with E-state index in [9.17, 15) is 4.79 Å². The molecule has 0 aliphatic rings. The Balaban J connectivity index is 1.84. The van der Waals surface area contributed by atoms with E-state index < -0.39 is 0 Å². The molecule has 0 amide bonds. The molecular weight excluding hydrogens is 350 g/mol. The van der Waals surface area contributed by atoms with Crippen LogP contribution in [0.2, 0.25) is 4.34 Å². The van der Waals surface area contributed by atoms with E-state index in [1.165, 1.54) is 0 Å². The lowest BCUT2D eigenvalue weighted by molar-refractivity contribution is 0.137. The minimum atomic E-state index is -0.143. The maximum Gasteiger partial charge on any atom is 0.258 e. The zero-order valence-electron chi connectivity index (χ0n) is 13.0. The normalized spacial score (nSPS) is 11.5. The van der Waals surface area contributed by atoms with E-state index in [0.29, 0.717) is 53.0 Å². The molecule has 2 heterocycles. The number of benzene rings is 1. The van der Waals surface area contributed by atoms with Crippen molar-refractivity contribution >= 4 is 34.0 Å². The molecule has 0 bridgehead atoms. The van der Waals surface area contributed by atoms with Crippen molar-refractivity contribution in [3.63, 3.8) is 0 Å². The Bertz CT molecular complexity index is 881. The van der Waals surface area contributed by atoms with Gasteiger partial charge in [-0.3, -0.25) is 9.69 Å². The zero-order chi connectivity index (χ0) is 16.9. The number of hydrogen-bond donors (Lipinski definition) is 1. The van der Waals surface area contributed by atoms with Crippen LogP contribution < -0.4 is 5.56 Å². The number of ether oxygens (including phenoxy) is 1. The Morgan fingerprint density at radius 1 is 1.33 bits per heavy atom.